The molecule has 1 N–H and O–H groups in total. The Morgan fingerprint density at radius 1 is 1.28 bits per heavy atom. The summed E-state index contributed by atoms with van der Waals surface area (Å²) in [5.41, 5.74) is 1.76. The lowest BCUT2D eigenvalue weighted by molar-refractivity contribution is -0.111. The summed E-state index contributed by atoms with van der Waals surface area (Å²) in [4.78, 5) is 28.5. The molecule has 0 fully saturated rings. The van der Waals surface area contributed by atoms with E-state index in [0.717, 1.165) is 10.1 Å². The Bertz CT molecular complexity index is 1240. The molecule has 3 heterocycles. The van der Waals surface area contributed by atoms with E-state index in [2.05, 4.69) is 20.5 Å². The molecule has 10 heteroatoms. The van der Waals surface area contributed by atoms with E-state index in [1.54, 1.807) is 19.1 Å². The van der Waals surface area contributed by atoms with Gasteiger partial charge in [-0.05, 0) is 18.6 Å². The maximum atomic E-state index is 12.1. The van der Waals surface area contributed by atoms with E-state index in [4.69, 9.17) is 4.52 Å². The smallest absolute Gasteiger partial charge is 0.287 e. The SMILES string of the molecule is Cc1cc2nc(CSc3nnc(NC(=O)/C=C/c4ccccc4)s3)cc(=O)n2o1. The third kappa shape index (κ3) is 4.79. The molecule has 0 aliphatic rings. The van der Waals surface area contributed by atoms with E-state index in [9.17, 15) is 9.59 Å². The zero-order chi connectivity index (χ0) is 20.2. The molecule has 0 bridgehead atoms. The molecule has 1 amide bonds. The molecule has 0 spiro atoms. The fourth-order valence-electron chi connectivity index (χ4n) is 2.49. The van der Waals surface area contributed by atoms with Crippen molar-refractivity contribution in [2.75, 3.05) is 5.32 Å². The van der Waals surface area contributed by atoms with Gasteiger partial charge in [-0.1, -0.05) is 53.4 Å². The Morgan fingerprint density at radius 2 is 2.10 bits per heavy atom. The van der Waals surface area contributed by atoms with Gasteiger partial charge in [0, 0.05) is 24.0 Å². The minimum Gasteiger partial charge on any atom is -0.375 e. The standard InChI is InChI=1S/C19H15N5O3S2/c1-12-9-15-20-14(10-17(26)24(15)27-12)11-28-19-23-22-18(29-19)21-16(25)8-7-13-5-3-2-4-6-13/h2-10H,11H2,1H3,(H,21,22,25)/b8-7+. The maximum Gasteiger partial charge on any atom is 0.287 e. The van der Waals surface area contributed by atoms with Gasteiger partial charge in [0.05, 0.1) is 5.69 Å². The van der Waals surface area contributed by atoms with Gasteiger partial charge in [-0.2, -0.15) is 0 Å². The molecule has 0 unspecified atom stereocenters. The van der Waals surface area contributed by atoms with Gasteiger partial charge in [0.15, 0.2) is 9.99 Å². The highest BCUT2D eigenvalue weighted by molar-refractivity contribution is 8.00. The molecule has 0 aliphatic heterocycles. The number of nitrogens with one attached hydrogen (secondary N) is 1. The third-order valence-corrected chi connectivity index (χ3v) is 5.74. The number of nitrogens with zero attached hydrogens (tertiary/aromatic N) is 4. The normalized spacial score (nSPS) is 11.3. The van der Waals surface area contributed by atoms with Crippen LogP contribution < -0.4 is 10.9 Å². The summed E-state index contributed by atoms with van der Waals surface area (Å²) in [6.45, 7) is 1.76. The number of aryl methyl sites for hydroxylation is 1. The molecule has 4 aromatic rings. The van der Waals surface area contributed by atoms with Crippen LogP contribution in [0.2, 0.25) is 0 Å². The van der Waals surface area contributed by atoms with Gasteiger partial charge in [-0.25, -0.2) is 4.98 Å². The molecule has 8 nitrogen and oxygen atoms in total. The predicted octanol–water partition coefficient (Wildman–Crippen LogP) is 3.39. The zero-order valence-corrected chi connectivity index (χ0v) is 16.9. The highest BCUT2D eigenvalue weighted by Crippen LogP contribution is 2.27. The molecule has 0 radical (unpaired) electrons. The Hall–Kier alpha value is -3.24. The number of aromatic nitrogens is 4. The molecule has 0 atom stereocenters. The summed E-state index contributed by atoms with van der Waals surface area (Å²) in [7, 11) is 0. The Labute approximate surface area is 173 Å². The van der Waals surface area contributed by atoms with Crippen molar-refractivity contribution in [2.24, 2.45) is 0 Å². The fourth-order valence-corrected chi connectivity index (χ4v) is 4.13. The molecule has 4 rings (SSSR count). The second-order valence-electron chi connectivity index (χ2n) is 5.98. The summed E-state index contributed by atoms with van der Waals surface area (Å²) in [5, 5.41) is 11.1. The van der Waals surface area contributed by atoms with Crippen LogP contribution in [-0.4, -0.2) is 25.7 Å². The third-order valence-electron chi connectivity index (χ3n) is 3.73. The van der Waals surface area contributed by atoms with Crippen LogP contribution in [-0.2, 0) is 10.5 Å². The lowest BCUT2D eigenvalue weighted by atomic mass is 10.2. The van der Waals surface area contributed by atoms with Crippen molar-refractivity contribution in [2.45, 2.75) is 17.0 Å². The average Bonchev–Trinajstić information content (AvgIpc) is 3.31. The van der Waals surface area contributed by atoms with E-state index in [0.29, 0.717) is 32.3 Å². The first-order valence-corrected chi connectivity index (χ1v) is 10.4. The lowest BCUT2D eigenvalue weighted by Gasteiger charge is -1.98. The van der Waals surface area contributed by atoms with E-state index >= 15 is 0 Å². The highest BCUT2D eigenvalue weighted by atomic mass is 32.2. The number of rotatable bonds is 6. The number of benzene rings is 1. The zero-order valence-electron chi connectivity index (χ0n) is 15.2. The van der Waals surface area contributed by atoms with Crippen molar-refractivity contribution in [1.29, 1.82) is 0 Å². The number of carbonyl (C=O) groups excluding carboxylic acids is 1. The molecule has 0 aliphatic carbocycles. The van der Waals surface area contributed by atoms with Crippen molar-refractivity contribution in [3.63, 3.8) is 0 Å². The van der Waals surface area contributed by atoms with Gasteiger partial charge in [-0.3, -0.25) is 14.9 Å². The number of anilines is 1. The number of amides is 1. The number of thioether (sulfide) groups is 1. The molecule has 0 saturated heterocycles. The number of carbonyl (C=O) groups is 1. The summed E-state index contributed by atoms with van der Waals surface area (Å²) < 4.78 is 7.10. The summed E-state index contributed by atoms with van der Waals surface area (Å²) in [6, 6.07) is 12.7. The van der Waals surface area contributed by atoms with Crippen LogP contribution in [0.1, 0.15) is 17.0 Å². The van der Waals surface area contributed by atoms with E-state index in [1.807, 2.05) is 30.3 Å². The predicted molar refractivity (Wildman–Crippen MR) is 112 cm³/mol. The Kier molecular flexibility index (Phi) is 5.54. The second kappa shape index (κ2) is 8.41. The van der Waals surface area contributed by atoms with Gasteiger partial charge < -0.3 is 4.52 Å². The summed E-state index contributed by atoms with van der Waals surface area (Å²) in [5.74, 6) is 0.786. The number of hydrogen-bond acceptors (Lipinski definition) is 8. The van der Waals surface area contributed by atoms with Crippen LogP contribution in [0.3, 0.4) is 0 Å². The van der Waals surface area contributed by atoms with Crippen LogP contribution in [0.4, 0.5) is 5.13 Å². The van der Waals surface area contributed by atoms with Crippen LogP contribution in [0.15, 0.2) is 62.2 Å². The monoisotopic (exact) mass is 425 g/mol. The van der Waals surface area contributed by atoms with E-state index in [1.165, 1.54) is 35.2 Å². The van der Waals surface area contributed by atoms with Crippen LogP contribution >= 0.6 is 23.1 Å². The van der Waals surface area contributed by atoms with Gasteiger partial charge in [0.2, 0.25) is 11.0 Å². The second-order valence-corrected chi connectivity index (χ2v) is 8.18. The first kappa shape index (κ1) is 19.1. The van der Waals surface area contributed by atoms with Crippen molar-refractivity contribution in [3.05, 3.63) is 75.9 Å². The molecular weight excluding hydrogens is 410 g/mol. The molecule has 29 heavy (non-hydrogen) atoms. The first-order chi connectivity index (χ1) is 14.1. The van der Waals surface area contributed by atoms with Crippen LogP contribution in [0.25, 0.3) is 11.7 Å². The molecule has 3 aromatic heterocycles. The van der Waals surface area contributed by atoms with Crippen molar-refractivity contribution >= 4 is 45.9 Å². The Balaban J connectivity index is 1.36. The van der Waals surface area contributed by atoms with Gasteiger partial charge >= 0.3 is 0 Å². The van der Waals surface area contributed by atoms with Crippen molar-refractivity contribution in [3.8, 4) is 0 Å². The number of hydrogen-bond donors (Lipinski definition) is 1. The molecular formula is C19H15N5O3S2. The molecule has 0 saturated carbocycles. The van der Waals surface area contributed by atoms with E-state index in [-0.39, 0.29) is 11.5 Å². The highest BCUT2D eigenvalue weighted by Gasteiger charge is 2.10. The maximum absolute atomic E-state index is 12.1. The van der Waals surface area contributed by atoms with E-state index < -0.39 is 0 Å². The topological polar surface area (TPSA) is 102 Å². The number of fused-ring (bicyclic) bond motifs is 1. The fraction of sp³-hybridized carbons (Fsp3) is 0.105. The average molecular weight is 425 g/mol. The lowest BCUT2D eigenvalue weighted by Crippen LogP contribution is -2.12. The first-order valence-electron chi connectivity index (χ1n) is 8.57. The van der Waals surface area contributed by atoms with Gasteiger partial charge in [0.25, 0.3) is 5.56 Å². The van der Waals surface area contributed by atoms with Crippen molar-refractivity contribution in [1.82, 2.24) is 19.8 Å². The van der Waals surface area contributed by atoms with Crippen molar-refractivity contribution < 1.29 is 9.32 Å². The minimum atomic E-state index is -0.281. The molecule has 1 aromatic carbocycles. The Morgan fingerprint density at radius 3 is 2.93 bits per heavy atom. The van der Waals surface area contributed by atoms with Gasteiger partial charge in [0.1, 0.15) is 5.76 Å². The summed E-state index contributed by atoms with van der Waals surface area (Å²) in [6.07, 6.45) is 3.17. The quantitative estimate of drug-likeness (QED) is 0.287. The van der Waals surface area contributed by atoms with Gasteiger partial charge in [-0.15, -0.1) is 14.8 Å². The largest absolute Gasteiger partial charge is 0.375 e. The molecule has 146 valence electrons. The minimum absolute atomic E-state index is 0.269. The van der Waals surface area contributed by atoms with Crippen LogP contribution in [0, 0.1) is 6.92 Å². The summed E-state index contributed by atoms with van der Waals surface area (Å²) >= 11 is 2.65. The van der Waals surface area contributed by atoms with Crippen LogP contribution in [0.5, 0.6) is 0 Å².